The van der Waals surface area contributed by atoms with Gasteiger partial charge in [-0.25, -0.2) is 13.2 Å². The number of hydrogen-bond donors (Lipinski definition) is 2. The molecule has 1 fully saturated rings. The van der Waals surface area contributed by atoms with Crippen LogP contribution in [0.5, 0.6) is 0 Å². The van der Waals surface area contributed by atoms with Gasteiger partial charge in [0.2, 0.25) is 21.8 Å². The molecule has 0 aliphatic carbocycles. The van der Waals surface area contributed by atoms with Gasteiger partial charge in [0.05, 0.1) is 5.88 Å². The molecule has 0 saturated carbocycles. The number of thioether (sulfide) groups is 1. The largest absolute Gasteiger partial charge is 0.458 e. The minimum atomic E-state index is -4.02. The molecule has 0 radical (unpaired) electrons. The van der Waals surface area contributed by atoms with Crippen LogP contribution in [0.1, 0.15) is 47.1 Å². The Hall–Kier alpha value is -2.96. The number of esters is 1. The van der Waals surface area contributed by atoms with Crippen molar-refractivity contribution in [3.05, 3.63) is 54.4 Å². The Morgan fingerprint density at radius 3 is 2.39 bits per heavy atom. The van der Waals surface area contributed by atoms with E-state index in [1.807, 2.05) is 0 Å². The maximum atomic E-state index is 13.7. The summed E-state index contributed by atoms with van der Waals surface area (Å²) in [6.45, 7) is 10.2. The van der Waals surface area contributed by atoms with Gasteiger partial charge in [0.25, 0.3) is 0 Å². The fourth-order valence-corrected chi connectivity index (χ4v) is 7.13. The molecule has 206 valence electrons. The van der Waals surface area contributed by atoms with Gasteiger partial charge in [0, 0.05) is 36.2 Å². The van der Waals surface area contributed by atoms with Crippen LogP contribution in [0.2, 0.25) is 0 Å². The number of amides is 2. The first kappa shape index (κ1) is 29.6. The molecular formula is C26H34N4O6S2. The van der Waals surface area contributed by atoms with Gasteiger partial charge in [-0.15, -0.1) is 11.8 Å². The van der Waals surface area contributed by atoms with Gasteiger partial charge < -0.3 is 15.4 Å². The van der Waals surface area contributed by atoms with Crippen molar-refractivity contribution < 1.29 is 27.5 Å². The highest BCUT2D eigenvalue weighted by molar-refractivity contribution is 8.02. The molecule has 0 bridgehead atoms. The lowest BCUT2D eigenvalue weighted by Gasteiger charge is -2.32. The van der Waals surface area contributed by atoms with Crippen LogP contribution in [-0.4, -0.2) is 63.8 Å². The van der Waals surface area contributed by atoms with Crippen LogP contribution in [-0.2, 0) is 35.6 Å². The lowest BCUT2D eigenvalue weighted by Crippen LogP contribution is -2.57. The molecule has 0 spiro atoms. The fraction of sp³-hybridized carbons (Fsp3) is 0.462. The van der Waals surface area contributed by atoms with E-state index in [9.17, 15) is 22.8 Å². The van der Waals surface area contributed by atoms with Crippen LogP contribution in [0.3, 0.4) is 0 Å². The number of hydrogen-bond acceptors (Lipinski definition) is 8. The highest BCUT2D eigenvalue weighted by Gasteiger charge is 2.51. The second-order valence-corrected chi connectivity index (χ2v) is 14.0. The van der Waals surface area contributed by atoms with Gasteiger partial charge in [0.15, 0.2) is 0 Å². The average Bonchev–Trinajstić information content (AvgIpc) is 3.14. The second-order valence-electron chi connectivity index (χ2n) is 10.5. The molecule has 0 unspecified atom stereocenters. The van der Waals surface area contributed by atoms with Gasteiger partial charge >= 0.3 is 5.97 Å². The van der Waals surface area contributed by atoms with E-state index in [-0.39, 0.29) is 23.1 Å². The molecule has 2 amide bonds. The van der Waals surface area contributed by atoms with E-state index in [1.54, 1.807) is 58.9 Å². The van der Waals surface area contributed by atoms with Gasteiger partial charge in [-0.1, -0.05) is 12.1 Å². The minimum absolute atomic E-state index is 0.0148. The Labute approximate surface area is 228 Å². The third-order valence-electron chi connectivity index (χ3n) is 5.72. The number of nitrogens with one attached hydrogen (secondary N) is 2. The number of carbonyl (C=O) groups excluding carboxylic acids is 3. The molecule has 1 saturated heterocycles. The Morgan fingerprint density at radius 1 is 1.18 bits per heavy atom. The lowest BCUT2D eigenvalue weighted by molar-refractivity contribution is -0.158. The van der Waals surface area contributed by atoms with Crippen molar-refractivity contribution >= 4 is 45.3 Å². The highest BCUT2D eigenvalue weighted by Crippen LogP contribution is 2.42. The van der Waals surface area contributed by atoms with E-state index in [1.165, 1.54) is 43.2 Å². The van der Waals surface area contributed by atoms with E-state index in [0.717, 1.165) is 9.87 Å². The summed E-state index contributed by atoms with van der Waals surface area (Å²) < 4.78 is 32.8. The molecule has 2 N–H and O–H groups in total. The predicted molar refractivity (Wildman–Crippen MR) is 146 cm³/mol. The molecule has 3 rings (SSSR count). The van der Waals surface area contributed by atoms with Crippen LogP contribution in [0.15, 0.2) is 53.7 Å². The van der Waals surface area contributed by atoms with Gasteiger partial charge in [-0.2, -0.15) is 4.31 Å². The SMILES string of the molecule is CC(=O)Nc1ccc(C[C@H](NC(=O)[C@H]2N(S(=O)(=O)c3cccnc3)CSC2(C)C)C(=O)OC(C)(C)C)cc1. The summed E-state index contributed by atoms with van der Waals surface area (Å²) >= 11 is 1.34. The van der Waals surface area contributed by atoms with Crippen LogP contribution in [0, 0.1) is 0 Å². The first-order valence-electron chi connectivity index (χ1n) is 12.1. The average molecular weight is 563 g/mol. The topological polar surface area (TPSA) is 135 Å². The number of anilines is 1. The predicted octanol–water partition coefficient (Wildman–Crippen LogP) is 2.95. The number of sulfonamides is 1. The number of rotatable bonds is 8. The zero-order chi connectivity index (χ0) is 28.3. The number of ether oxygens (including phenoxy) is 1. The van der Waals surface area contributed by atoms with Crippen molar-refractivity contribution in [3.63, 3.8) is 0 Å². The van der Waals surface area contributed by atoms with E-state index in [2.05, 4.69) is 15.6 Å². The highest BCUT2D eigenvalue weighted by atomic mass is 32.2. The van der Waals surface area contributed by atoms with E-state index < -0.39 is 44.3 Å². The number of carbonyl (C=O) groups is 3. The van der Waals surface area contributed by atoms with Crippen molar-refractivity contribution in [1.29, 1.82) is 0 Å². The summed E-state index contributed by atoms with van der Waals surface area (Å²) in [5.41, 5.74) is 0.517. The second kappa shape index (κ2) is 11.4. The smallest absolute Gasteiger partial charge is 0.329 e. The summed E-state index contributed by atoms with van der Waals surface area (Å²) in [6.07, 6.45) is 2.82. The molecule has 2 heterocycles. The standard InChI is InChI=1S/C26H34N4O6S2/c1-17(31)28-19-11-9-18(10-12-19)14-21(24(33)36-25(2,3)4)29-23(32)22-26(5,6)37-16-30(22)38(34,35)20-8-7-13-27-15-20/h7-13,15,21-22H,14,16H2,1-6H3,(H,28,31)(H,29,32)/t21-,22+/m0/s1. The van der Waals surface area contributed by atoms with Crippen LogP contribution in [0.25, 0.3) is 0 Å². The van der Waals surface area contributed by atoms with Gasteiger partial charge in [-0.3, -0.25) is 14.6 Å². The first-order chi connectivity index (χ1) is 17.6. The summed E-state index contributed by atoms with van der Waals surface area (Å²) in [6, 6.07) is 7.68. The van der Waals surface area contributed by atoms with Crippen molar-refractivity contribution in [3.8, 4) is 0 Å². The normalized spacial score (nSPS) is 18.4. The zero-order valence-corrected chi connectivity index (χ0v) is 24.0. The van der Waals surface area contributed by atoms with Crippen molar-refractivity contribution in [1.82, 2.24) is 14.6 Å². The maximum absolute atomic E-state index is 13.7. The Morgan fingerprint density at radius 2 is 1.84 bits per heavy atom. The molecule has 1 aromatic carbocycles. The molecule has 2 atom stereocenters. The van der Waals surface area contributed by atoms with Gasteiger partial charge in [0.1, 0.15) is 22.6 Å². The van der Waals surface area contributed by atoms with Crippen LogP contribution in [0.4, 0.5) is 5.69 Å². The number of benzene rings is 1. The molecule has 38 heavy (non-hydrogen) atoms. The Kier molecular flexibility index (Phi) is 8.89. The summed E-state index contributed by atoms with van der Waals surface area (Å²) in [5.74, 6) is -1.37. The fourth-order valence-electron chi connectivity index (χ4n) is 4.00. The van der Waals surface area contributed by atoms with Crippen molar-refractivity contribution in [2.24, 2.45) is 0 Å². The molecule has 2 aromatic rings. The number of aromatic nitrogens is 1. The summed E-state index contributed by atoms with van der Waals surface area (Å²) in [4.78, 5) is 42.0. The van der Waals surface area contributed by atoms with Crippen LogP contribution >= 0.6 is 11.8 Å². The Bertz CT molecular complexity index is 1280. The molecule has 10 nitrogen and oxygen atoms in total. The number of nitrogens with zero attached hydrogens (tertiary/aromatic N) is 2. The molecular weight excluding hydrogens is 528 g/mol. The maximum Gasteiger partial charge on any atom is 0.329 e. The molecule has 1 aliphatic heterocycles. The minimum Gasteiger partial charge on any atom is -0.458 e. The summed E-state index contributed by atoms with van der Waals surface area (Å²) in [7, 11) is -4.02. The molecule has 1 aliphatic rings. The lowest BCUT2D eigenvalue weighted by atomic mass is 10.0. The first-order valence-corrected chi connectivity index (χ1v) is 14.5. The third-order valence-corrected chi connectivity index (χ3v) is 9.05. The zero-order valence-electron chi connectivity index (χ0n) is 22.3. The van der Waals surface area contributed by atoms with Crippen molar-refractivity contribution in [2.45, 2.75) is 75.3 Å². The van der Waals surface area contributed by atoms with E-state index in [4.69, 9.17) is 4.74 Å². The molecule has 12 heteroatoms. The summed E-state index contributed by atoms with van der Waals surface area (Å²) in [5, 5.41) is 5.45. The monoisotopic (exact) mass is 562 g/mol. The third kappa shape index (κ3) is 7.33. The molecule has 1 aromatic heterocycles. The quantitative estimate of drug-likeness (QED) is 0.469. The van der Waals surface area contributed by atoms with Crippen molar-refractivity contribution in [2.75, 3.05) is 11.2 Å². The van der Waals surface area contributed by atoms with E-state index in [0.29, 0.717) is 5.69 Å². The van der Waals surface area contributed by atoms with Crippen LogP contribution < -0.4 is 10.6 Å². The van der Waals surface area contributed by atoms with E-state index >= 15 is 0 Å². The Balaban J connectivity index is 1.89. The van der Waals surface area contributed by atoms with Gasteiger partial charge in [-0.05, 0) is 64.4 Å². The number of pyridine rings is 1.